The summed E-state index contributed by atoms with van der Waals surface area (Å²) in [5.41, 5.74) is 0. The second kappa shape index (κ2) is 5.83. The van der Waals surface area contributed by atoms with Crippen LogP contribution in [-0.2, 0) is 14.6 Å². The number of nitrogens with zero attached hydrogens (tertiary/aromatic N) is 1. The molecule has 5 heteroatoms. The number of isocyanates is 1. The van der Waals surface area contributed by atoms with Gasteiger partial charge in [0.1, 0.15) is 9.84 Å². The Bertz CT molecular complexity index is 352. The lowest BCUT2D eigenvalue weighted by Gasteiger charge is -2.20. The molecule has 1 aliphatic heterocycles. The predicted octanol–water partition coefficient (Wildman–Crippen LogP) is 1.09. The first-order chi connectivity index (χ1) is 7.14. The van der Waals surface area contributed by atoms with Crippen LogP contribution in [0.3, 0.4) is 0 Å². The van der Waals surface area contributed by atoms with Crippen LogP contribution in [-0.4, -0.2) is 32.5 Å². The molecule has 1 saturated heterocycles. The van der Waals surface area contributed by atoms with Crippen LogP contribution >= 0.6 is 0 Å². The Morgan fingerprint density at radius 2 is 1.93 bits per heavy atom. The van der Waals surface area contributed by atoms with Gasteiger partial charge in [-0.25, -0.2) is 18.2 Å². The molecule has 0 N–H and O–H groups in total. The quantitative estimate of drug-likeness (QED) is 0.412. The summed E-state index contributed by atoms with van der Waals surface area (Å²) in [4.78, 5) is 13.1. The maximum absolute atomic E-state index is 11.1. The van der Waals surface area contributed by atoms with E-state index in [9.17, 15) is 13.2 Å². The monoisotopic (exact) mass is 229 g/mol. The average molecular weight is 229 g/mol. The van der Waals surface area contributed by atoms with Gasteiger partial charge in [0.2, 0.25) is 6.08 Å². The van der Waals surface area contributed by atoms with Crippen LogP contribution in [0.5, 0.6) is 0 Å². The number of hydrogen-bond acceptors (Lipinski definition) is 4. The lowest BCUT2D eigenvalue weighted by molar-refractivity contribution is 0.469. The SMILES string of the molecule is O=C=NC/C=C\CC1CCS(=O)(=O)CC1. The molecule has 1 fully saturated rings. The molecule has 0 radical (unpaired) electrons. The molecule has 0 unspecified atom stereocenters. The van der Waals surface area contributed by atoms with Gasteiger partial charge in [-0.1, -0.05) is 12.2 Å². The highest BCUT2D eigenvalue weighted by Crippen LogP contribution is 2.22. The highest BCUT2D eigenvalue weighted by molar-refractivity contribution is 7.91. The second-order valence-corrected chi connectivity index (χ2v) is 6.04. The van der Waals surface area contributed by atoms with E-state index in [4.69, 9.17) is 0 Å². The van der Waals surface area contributed by atoms with Crippen LogP contribution in [0.1, 0.15) is 19.3 Å². The first-order valence-corrected chi connectivity index (χ1v) is 6.85. The highest BCUT2D eigenvalue weighted by Gasteiger charge is 2.22. The van der Waals surface area contributed by atoms with Crippen molar-refractivity contribution in [3.05, 3.63) is 12.2 Å². The third-order valence-electron chi connectivity index (χ3n) is 2.57. The van der Waals surface area contributed by atoms with Crippen LogP contribution in [0.4, 0.5) is 0 Å². The molecule has 15 heavy (non-hydrogen) atoms. The van der Waals surface area contributed by atoms with Gasteiger partial charge in [0, 0.05) is 0 Å². The largest absolute Gasteiger partial charge is 0.235 e. The lowest BCUT2D eigenvalue weighted by Crippen LogP contribution is -2.22. The molecule has 0 aromatic heterocycles. The second-order valence-electron chi connectivity index (χ2n) is 3.73. The van der Waals surface area contributed by atoms with Crippen molar-refractivity contribution in [1.82, 2.24) is 0 Å². The molecule has 0 saturated carbocycles. The Labute approximate surface area is 90.0 Å². The average Bonchev–Trinajstić information content (AvgIpc) is 2.20. The Balaban J connectivity index is 2.24. The number of carbonyl (C=O) groups excluding carboxylic acids is 1. The zero-order chi connectivity index (χ0) is 11.1. The van der Waals surface area contributed by atoms with E-state index < -0.39 is 9.84 Å². The third kappa shape index (κ3) is 4.91. The highest BCUT2D eigenvalue weighted by atomic mass is 32.2. The van der Waals surface area contributed by atoms with Crippen molar-refractivity contribution in [3.8, 4) is 0 Å². The summed E-state index contributed by atoms with van der Waals surface area (Å²) in [5.74, 6) is 1.10. The summed E-state index contributed by atoms with van der Waals surface area (Å²) in [6, 6.07) is 0. The fourth-order valence-corrected chi connectivity index (χ4v) is 3.22. The van der Waals surface area contributed by atoms with Crippen LogP contribution in [0.15, 0.2) is 17.1 Å². The molecule has 1 heterocycles. The Morgan fingerprint density at radius 1 is 1.27 bits per heavy atom. The molecule has 0 amide bonds. The normalized spacial score (nSPS) is 21.3. The molecule has 0 spiro atoms. The van der Waals surface area contributed by atoms with Crippen molar-refractivity contribution in [2.24, 2.45) is 10.9 Å². The summed E-state index contributed by atoms with van der Waals surface area (Å²) in [7, 11) is -2.75. The summed E-state index contributed by atoms with van der Waals surface area (Å²) in [6.45, 7) is 0.370. The van der Waals surface area contributed by atoms with Gasteiger partial charge in [-0.15, -0.1) is 0 Å². The zero-order valence-electron chi connectivity index (χ0n) is 8.55. The van der Waals surface area contributed by atoms with E-state index >= 15 is 0 Å². The van der Waals surface area contributed by atoms with Crippen LogP contribution in [0.25, 0.3) is 0 Å². The topological polar surface area (TPSA) is 63.6 Å². The fourth-order valence-electron chi connectivity index (χ4n) is 1.63. The first-order valence-electron chi connectivity index (χ1n) is 5.03. The summed E-state index contributed by atoms with van der Waals surface area (Å²) in [5, 5.41) is 0. The van der Waals surface area contributed by atoms with Gasteiger partial charge in [-0.2, -0.15) is 0 Å². The van der Waals surface area contributed by atoms with E-state index in [2.05, 4.69) is 4.99 Å². The van der Waals surface area contributed by atoms with E-state index in [1.165, 1.54) is 6.08 Å². The van der Waals surface area contributed by atoms with E-state index in [0.717, 1.165) is 19.3 Å². The fraction of sp³-hybridized carbons (Fsp3) is 0.700. The zero-order valence-corrected chi connectivity index (χ0v) is 9.37. The molecule has 1 rings (SSSR count). The number of rotatable bonds is 4. The van der Waals surface area contributed by atoms with Gasteiger partial charge >= 0.3 is 0 Å². The molecule has 84 valence electrons. The minimum Gasteiger partial charge on any atom is -0.229 e. The van der Waals surface area contributed by atoms with Crippen LogP contribution in [0, 0.1) is 5.92 Å². The molecular formula is C10H15NO3S. The van der Waals surface area contributed by atoms with E-state index in [1.807, 2.05) is 12.2 Å². The first kappa shape index (κ1) is 12.1. The predicted molar refractivity (Wildman–Crippen MR) is 58.1 cm³/mol. The Morgan fingerprint density at radius 3 is 2.53 bits per heavy atom. The van der Waals surface area contributed by atoms with Crippen molar-refractivity contribution in [2.75, 3.05) is 18.1 Å². The van der Waals surface area contributed by atoms with Crippen LogP contribution < -0.4 is 0 Å². The number of sulfone groups is 1. The van der Waals surface area contributed by atoms with Crippen molar-refractivity contribution in [2.45, 2.75) is 19.3 Å². The number of aliphatic imine (C=N–C) groups is 1. The number of hydrogen-bond donors (Lipinski definition) is 0. The van der Waals surface area contributed by atoms with Crippen LogP contribution in [0.2, 0.25) is 0 Å². The maximum atomic E-state index is 11.1. The van der Waals surface area contributed by atoms with E-state index in [-0.39, 0.29) is 0 Å². The molecule has 0 aliphatic carbocycles. The van der Waals surface area contributed by atoms with Crippen molar-refractivity contribution >= 4 is 15.9 Å². The van der Waals surface area contributed by atoms with Gasteiger partial charge in [0.25, 0.3) is 0 Å². The molecule has 1 aliphatic rings. The molecule has 4 nitrogen and oxygen atoms in total. The summed E-state index contributed by atoms with van der Waals surface area (Å²) >= 11 is 0. The lowest BCUT2D eigenvalue weighted by atomic mass is 9.99. The smallest absolute Gasteiger partial charge is 0.229 e. The molecule has 0 bridgehead atoms. The van der Waals surface area contributed by atoms with Gasteiger partial charge < -0.3 is 0 Å². The van der Waals surface area contributed by atoms with E-state index in [1.54, 1.807) is 0 Å². The van der Waals surface area contributed by atoms with Gasteiger partial charge in [-0.05, 0) is 25.2 Å². The van der Waals surface area contributed by atoms with Gasteiger partial charge in [0.05, 0.1) is 18.1 Å². The third-order valence-corrected chi connectivity index (χ3v) is 4.29. The minimum atomic E-state index is -2.75. The maximum Gasteiger partial charge on any atom is 0.235 e. The number of allylic oxidation sites excluding steroid dienone is 1. The molecule has 0 aromatic rings. The van der Waals surface area contributed by atoms with Crippen molar-refractivity contribution in [3.63, 3.8) is 0 Å². The standard InChI is InChI=1S/C10H15NO3S/c12-9-11-6-2-1-3-10-4-7-15(13,14)8-5-10/h1-2,10H,3-8H2/b2-1-. The van der Waals surface area contributed by atoms with E-state index in [0.29, 0.717) is 24.0 Å². The molecule has 0 aromatic carbocycles. The Hall–Kier alpha value is -0.930. The van der Waals surface area contributed by atoms with Crippen molar-refractivity contribution < 1.29 is 13.2 Å². The minimum absolute atomic E-state index is 0.317. The summed E-state index contributed by atoms with van der Waals surface area (Å²) < 4.78 is 22.3. The molecule has 0 atom stereocenters. The molecular weight excluding hydrogens is 214 g/mol. The summed E-state index contributed by atoms with van der Waals surface area (Å²) in [6.07, 6.45) is 7.62. The Kier molecular flexibility index (Phi) is 4.72. The van der Waals surface area contributed by atoms with Gasteiger partial charge in [0.15, 0.2) is 0 Å². The van der Waals surface area contributed by atoms with Crippen molar-refractivity contribution in [1.29, 1.82) is 0 Å². The van der Waals surface area contributed by atoms with Gasteiger partial charge in [-0.3, -0.25) is 0 Å².